The number of rotatable bonds is 5. The van der Waals surface area contributed by atoms with Gasteiger partial charge in [-0.3, -0.25) is 4.79 Å². The quantitative estimate of drug-likeness (QED) is 0.594. The number of likely N-dealkylation sites (N-methyl/N-ethyl adjacent to an activating group) is 1. The first-order valence-electron chi connectivity index (χ1n) is 5.72. The summed E-state index contributed by atoms with van der Waals surface area (Å²) in [4.78, 5) is 24.0. The minimum atomic E-state index is -0.568. The van der Waals surface area contributed by atoms with Gasteiger partial charge in [0, 0.05) is 25.7 Å². The zero-order valence-electron chi connectivity index (χ0n) is 11.3. The zero-order valence-corrected chi connectivity index (χ0v) is 11.3. The fourth-order valence-corrected chi connectivity index (χ4v) is 1.27. The van der Waals surface area contributed by atoms with E-state index in [1.54, 1.807) is 33.3 Å². The Hall–Kier alpha value is -2.30. The van der Waals surface area contributed by atoms with Crippen molar-refractivity contribution in [3.8, 4) is 5.75 Å². The van der Waals surface area contributed by atoms with Crippen LogP contribution in [0.2, 0.25) is 0 Å². The number of esters is 1. The van der Waals surface area contributed by atoms with E-state index in [2.05, 4.69) is 0 Å². The maximum Gasteiger partial charge on any atom is 0.331 e. The molecule has 1 aromatic carbocycles. The van der Waals surface area contributed by atoms with Gasteiger partial charge in [0.05, 0.1) is 7.11 Å². The van der Waals surface area contributed by atoms with Crippen molar-refractivity contribution in [3.05, 3.63) is 35.9 Å². The summed E-state index contributed by atoms with van der Waals surface area (Å²) in [7, 11) is 4.75. The molecule has 1 amide bonds. The maximum atomic E-state index is 11.4. The van der Waals surface area contributed by atoms with Crippen molar-refractivity contribution in [3.63, 3.8) is 0 Å². The molecule has 5 heteroatoms. The SMILES string of the molecule is COc1ccccc1/C=C/C(=O)OCC(=O)N(C)C. The van der Waals surface area contributed by atoms with Gasteiger partial charge in [0.15, 0.2) is 6.61 Å². The Kier molecular flexibility index (Phi) is 5.60. The summed E-state index contributed by atoms with van der Waals surface area (Å²) in [5, 5.41) is 0. The summed E-state index contributed by atoms with van der Waals surface area (Å²) in [5.74, 6) is -0.170. The molecule has 0 spiro atoms. The third kappa shape index (κ3) is 4.83. The Balaban J connectivity index is 2.56. The molecule has 1 aromatic rings. The highest BCUT2D eigenvalue weighted by Gasteiger charge is 2.06. The molecule has 0 aliphatic rings. The number of carbonyl (C=O) groups is 2. The van der Waals surface area contributed by atoms with Gasteiger partial charge in [-0.1, -0.05) is 18.2 Å². The molecule has 1 rings (SSSR count). The minimum absolute atomic E-state index is 0.262. The predicted molar refractivity (Wildman–Crippen MR) is 71.7 cm³/mol. The molecule has 5 nitrogen and oxygen atoms in total. The number of methoxy groups -OCH3 is 1. The molecule has 0 radical (unpaired) electrons. The molecule has 0 aliphatic heterocycles. The summed E-state index contributed by atoms with van der Waals surface area (Å²) < 4.78 is 9.95. The van der Waals surface area contributed by atoms with E-state index < -0.39 is 5.97 Å². The second-order valence-corrected chi connectivity index (χ2v) is 3.97. The molecule has 19 heavy (non-hydrogen) atoms. The van der Waals surface area contributed by atoms with Gasteiger partial charge in [0.1, 0.15) is 5.75 Å². The van der Waals surface area contributed by atoms with Crippen molar-refractivity contribution in [2.24, 2.45) is 0 Å². The van der Waals surface area contributed by atoms with Gasteiger partial charge in [0.25, 0.3) is 5.91 Å². The van der Waals surface area contributed by atoms with E-state index in [0.29, 0.717) is 5.75 Å². The molecular weight excluding hydrogens is 246 g/mol. The van der Waals surface area contributed by atoms with Crippen LogP contribution in [0.4, 0.5) is 0 Å². The van der Waals surface area contributed by atoms with E-state index in [1.165, 1.54) is 11.0 Å². The number of hydrogen-bond donors (Lipinski definition) is 0. The third-order valence-corrected chi connectivity index (χ3v) is 2.37. The fourth-order valence-electron chi connectivity index (χ4n) is 1.27. The minimum Gasteiger partial charge on any atom is -0.496 e. The van der Waals surface area contributed by atoms with E-state index in [-0.39, 0.29) is 12.5 Å². The summed E-state index contributed by atoms with van der Waals surface area (Å²) in [6.45, 7) is -0.262. The molecule has 0 N–H and O–H groups in total. The highest BCUT2D eigenvalue weighted by Crippen LogP contribution is 2.18. The lowest BCUT2D eigenvalue weighted by Crippen LogP contribution is -2.27. The second kappa shape index (κ2) is 7.20. The highest BCUT2D eigenvalue weighted by atomic mass is 16.5. The Labute approximate surface area is 112 Å². The Bertz CT molecular complexity index is 480. The topological polar surface area (TPSA) is 55.8 Å². The van der Waals surface area contributed by atoms with E-state index in [0.717, 1.165) is 5.56 Å². The number of hydrogen-bond acceptors (Lipinski definition) is 4. The van der Waals surface area contributed by atoms with Crippen LogP contribution < -0.4 is 4.74 Å². The standard InChI is InChI=1S/C14H17NO4/c1-15(2)13(16)10-19-14(17)9-8-11-6-4-5-7-12(11)18-3/h4-9H,10H2,1-3H3/b9-8+. The van der Waals surface area contributed by atoms with Gasteiger partial charge in [-0.05, 0) is 12.1 Å². The lowest BCUT2D eigenvalue weighted by molar-refractivity contribution is -0.146. The van der Waals surface area contributed by atoms with Crippen molar-refractivity contribution in [2.75, 3.05) is 27.8 Å². The van der Waals surface area contributed by atoms with Crippen molar-refractivity contribution in [2.45, 2.75) is 0 Å². The number of para-hydroxylation sites is 1. The molecule has 0 saturated heterocycles. The smallest absolute Gasteiger partial charge is 0.331 e. The molecule has 0 aromatic heterocycles. The molecule has 0 saturated carbocycles. The number of nitrogens with zero attached hydrogens (tertiary/aromatic N) is 1. The number of benzene rings is 1. The molecule has 0 unspecified atom stereocenters. The second-order valence-electron chi connectivity index (χ2n) is 3.97. The molecule has 0 aliphatic carbocycles. The number of amides is 1. The normalized spacial score (nSPS) is 10.3. The van der Waals surface area contributed by atoms with Crippen molar-refractivity contribution in [1.29, 1.82) is 0 Å². The Morgan fingerprint density at radius 2 is 1.95 bits per heavy atom. The molecule has 0 heterocycles. The first kappa shape index (κ1) is 14.8. The zero-order chi connectivity index (χ0) is 14.3. The van der Waals surface area contributed by atoms with Gasteiger partial charge in [-0.2, -0.15) is 0 Å². The van der Waals surface area contributed by atoms with Crippen LogP contribution in [0.3, 0.4) is 0 Å². The lowest BCUT2D eigenvalue weighted by Gasteiger charge is -2.09. The lowest BCUT2D eigenvalue weighted by atomic mass is 10.2. The first-order valence-corrected chi connectivity index (χ1v) is 5.72. The average molecular weight is 263 g/mol. The molecular formula is C14H17NO4. The van der Waals surface area contributed by atoms with Crippen LogP contribution in [-0.4, -0.2) is 44.6 Å². The van der Waals surface area contributed by atoms with Crippen LogP contribution in [0.15, 0.2) is 30.3 Å². The summed E-state index contributed by atoms with van der Waals surface area (Å²) in [6.07, 6.45) is 2.85. The van der Waals surface area contributed by atoms with Crippen LogP contribution >= 0.6 is 0 Å². The van der Waals surface area contributed by atoms with E-state index >= 15 is 0 Å². The molecule has 0 atom stereocenters. The van der Waals surface area contributed by atoms with Crippen LogP contribution in [0.25, 0.3) is 6.08 Å². The van der Waals surface area contributed by atoms with Gasteiger partial charge in [0.2, 0.25) is 0 Å². The van der Waals surface area contributed by atoms with E-state index in [4.69, 9.17) is 9.47 Å². The Morgan fingerprint density at radius 3 is 2.58 bits per heavy atom. The van der Waals surface area contributed by atoms with Crippen LogP contribution in [0.1, 0.15) is 5.56 Å². The number of carbonyl (C=O) groups excluding carboxylic acids is 2. The Morgan fingerprint density at radius 1 is 1.26 bits per heavy atom. The predicted octanol–water partition coefficient (Wildman–Crippen LogP) is 1.34. The van der Waals surface area contributed by atoms with Gasteiger partial charge >= 0.3 is 5.97 Å². The summed E-state index contributed by atoms with van der Waals surface area (Å²) >= 11 is 0. The van der Waals surface area contributed by atoms with Gasteiger partial charge in [-0.15, -0.1) is 0 Å². The van der Waals surface area contributed by atoms with Crippen LogP contribution in [-0.2, 0) is 14.3 Å². The maximum absolute atomic E-state index is 11.4. The average Bonchev–Trinajstić information content (AvgIpc) is 2.42. The van der Waals surface area contributed by atoms with E-state index in [1.807, 2.05) is 18.2 Å². The highest BCUT2D eigenvalue weighted by molar-refractivity contribution is 5.89. The summed E-state index contributed by atoms with van der Waals surface area (Å²) in [5.41, 5.74) is 0.765. The van der Waals surface area contributed by atoms with Gasteiger partial charge < -0.3 is 14.4 Å². The first-order chi connectivity index (χ1) is 9.04. The van der Waals surface area contributed by atoms with Crippen LogP contribution in [0, 0.1) is 0 Å². The van der Waals surface area contributed by atoms with Crippen LogP contribution in [0.5, 0.6) is 5.75 Å². The van der Waals surface area contributed by atoms with Crippen molar-refractivity contribution < 1.29 is 19.1 Å². The summed E-state index contributed by atoms with van der Waals surface area (Å²) in [6, 6.07) is 7.28. The molecule has 102 valence electrons. The monoisotopic (exact) mass is 263 g/mol. The largest absolute Gasteiger partial charge is 0.496 e. The van der Waals surface area contributed by atoms with Crippen molar-refractivity contribution >= 4 is 18.0 Å². The third-order valence-electron chi connectivity index (χ3n) is 2.37. The van der Waals surface area contributed by atoms with Gasteiger partial charge in [-0.25, -0.2) is 4.79 Å². The molecule has 0 fully saturated rings. The number of ether oxygens (including phenoxy) is 2. The fraction of sp³-hybridized carbons (Fsp3) is 0.286. The van der Waals surface area contributed by atoms with E-state index in [9.17, 15) is 9.59 Å². The molecule has 0 bridgehead atoms. The van der Waals surface area contributed by atoms with Crippen molar-refractivity contribution in [1.82, 2.24) is 4.90 Å².